The van der Waals surface area contributed by atoms with Crippen molar-refractivity contribution in [2.24, 2.45) is 5.73 Å². The number of nitrogens with two attached hydrogens (primary N) is 1. The summed E-state index contributed by atoms with van der Waals surface area (Å²) in [5.74, 6) is 0.885. The molecule has 0 unspecified atom stereocenters. The van der Waals surface area contributed by atoms with E-state index in [1.54, 1.807) is 17.5 Å². The van der Waals surface area contributed by atoms with Crippen LogP contribution in [0.5, 0.6) is 0 Å². The van der Waals surface area contributed by atoms with Crippen molar-refractivity contribution < 1.29 is 0 Å². The van der Waals surface area contributed by atoms with E-state index >= 15 is 0 Å². The fraction of sp³-hybridized carbons (Fsp3) is 0.125. The van der Waals surface area contributed by atoms with E-state index in [4.69, 9.17) is 5.73 Å². The second kappa shape index (κ2) is 3.61. The number of imidazole rings is 1. The van der Waals surface area contributed by atoms with Crippen molar-refractivity contribution in [3.63, 3.8) is 0 Å². The van der Waals surface area contributed by atoms with Gasteiger partial charge in [0.2, 0.25) is 0 Å². The molecule has 0 saturated heterocycles. The van der Waals surface area contributed by atoms with E-state index in [1.807, 2.05) is 12.1 Å². The molecular formula is C8H8BrN3S. The monoisotopic (exact) mass is 257 g/mol. The molecule has 0 amide bonds. The quantitative estimate of drug-likeness (QED) is 0.868. The molecule has 0 aliphatic heterocycles. The van der Waals surface area contributed by atoms with E-state index in [1.165, 1.54) is 0 Å². The molecule has 0 atom stereocenters. The molecule has 0 spiro atoms. The average molecular weight is 258 g/mol. The fourth-order valence-corrected chi connectivity index (χ4v) is 2.37. The SMILES string of the molecule is NCc1cnc(-c2ccc(Br)s2)[nH]1. The Morgan fingerprint density at radius 1 is 1.54 bits per heavy atom. The summed E-state index contributed by atoms with van der Waals surface area (Å²) in [6.45, 7) is 0.500. The molecule has 0 saturated carbocycles. The minimum absolute atomic E-state index is 0.500. The maximum absolute atomic E-state index is 5.47. The number of aromatic nitrogens is 2. The summed E-state index contributed by atoms with van der Waals surface area (Å²) in [5, 5.41) is 0. The minimum atomic E-state index is 0.500. The number of rotatable bonds is 2. The normalized spacial score (nSPS) is 10.6. The van der Waals surface area contributed by atoms with Crippen molar-refractivity contribution in [2.45, 2.75) is 6.54 Å². The Labute approximate surface area is 88.1 Å². The number of thiophene rings is 1. The highest BCUT2D eigenvalue weighted by Gasteiger charge is 2.04. The third-order valence-corrected chi connectivity index (χ3v) is 3.29. The molecule has 5 heteroatoms. The van der Waals surface area contributed by atoms with Crippen molar-refractivity contribution in [3.8, 4) is 10.7 Å². The Balaban J connectivity index is 2.35. The van der Waals surface area contributed by atoms with Crippen LogP contribution >= 0.6 is 27.3 Å². The van der Waals surface area contributed by atoms with Crippen LogP contribution < -0.4 is 5.73 Å². The summed E-state index contributed by atoms with van der Waals surface area (Å²) in [5.41, 5.74) is 6.43. The number of H-pyrrole nitrogens is 1. The van der Waals surface area contributed by atoms with E-state index in [2.05, 4.69) is 25.9 Å². The lowest BCUT2D eigenvalue weighted by Crippen LogP contribution is -1.95. The molecule has 0 radical (unpaired) electrons. The maximum Gasteiger partial charge on any atom is 0.147 e. The van der Waals surface area contributed by atoms with Crippen molar-refractivity contribution in [2.75, 3.05) is 0 Å². The van der Waals surface area contributed by atoms with Gasteiger partial charge in [0.1, 0.15) is 5.82 Å². The first-order valence-corrected chi connectivity index (χ1v) is 5.40. The van der Waals surface area contributed by atoms with Gasteiger partial charge >= 0.3 is 0 Å². The molecule has 68 valence electrons. The van der Waals surface area contributed by atoms with E-state index < -0.39 is 0 Å². The maximum atomic E-state index is 5.47. The van der Waals surface area contributed by atoms with Gasteiger partial charge in [-0.15, -0.1) is 11.3 Å². The zero-order valence-electron chi connectivity index (χ0n) is 6.75. The molecule has 3 nitrogen and oxygen atoms in total. The van der Waals surface area contributed by atoms with Gasteiger partial charge in [-0.1, -0.05) is 0 Å². The summed E-state index contributed by atoms with van der Waals surface area (Å²) >= 11 is 5.05. The zero-order valence-corrected chi connectivity index (χ0v) is 9.15. The van der Waals surface area contributed by atoms with Crippen LogP contribution in [-0.2, 0) is 6.54 Å². The first kappa shape index (κ1) is 8.93. The number of nitrogens with one attached hydrogen (secondary N) is 1. The number of aromatic amines is 1. The van der Waals surface area contributed by atoms with E-state index in [-0.39, 0.29) is 0 Å². The average Bonchev–Trinajstić information content (AvgIpc) is 2.71. The molecule has 0 bridgehead atoms. The van der Waals surface area contributed by atoms with Crippen LogP contribution in [0.25, 0.3) is 10.7 Å². The second-order valence-electron chi connectivity index (χ2n) is 2.56. The molecule has 2 aromatic heterocycles. The summed E-state index contributed by atoms with van der Waals surface area (Å²) < 4.78 is 1.10. The lowest BCUT2D eigenvalue weighted by molar-refractivity contribution is 1.01. The Bertz CT molecular complexity index is 407. The molecule has 2 heterocycles. The number of nitrogens with zero attached hydrogens (tertiary/aromatic N) is 1. The lowest BCUT2D eigenvalue weighted by Gasteiger charge is -1.89. The van der Waals surface area contributed by atoms with Gasteiger partial charge in [0.05, 0.1) is 8.66 Å². The van der Waals surface area contributed by atoms with Crippen LogP contribution in [0.15, 0.2) is 22.1 Å². The van der Waals surface area contributed by atoms with Gasteiger partial charge in [0, 0.05) is 18.4 Å². The standard InChI is InChI=1S/C8H8BrN3S/c9-7-2-1-6(13-7)8-11-4-5(3-10)12-8/h1-2,4H,3,10H2,(H,11,12). The minimum Gasteiger partial charge on any atom is -0.340 e. The summed E-state index contributed by atoms with van der Waals surface area (Å²) in [4.78, 5) is 8.49. The second-order valence-corrected chi connectivity index (χ2v) is 5.03. The third-order valence-electron chi connectivity index (χ3n) is 1.65. The molecule has 2 aromatic rings. The Kier molecular flexibility index (Phi) is 2.48. The smallest absolute Gasteiger partial charge is 0.147 e. The molecule has 0 fully saturated rings. The Morgan fingerprint density at radius 2 is 2.38 bits per heavy atom. The summed E-state index contributed by atoms with van der Waals surface area (Å²) in [7, 11) is 0. The first-order chi connectivity index (χ1) is 6.29. The van der Waals surface area contributed by atoms with Gasteiger partial charge in [-0.2, -0.15) is 0 Å². The van der Waals surface area contributed by atoms with Crippen LogP contribution in [0.3, 0.4) is 0 Å². The molecule has 0 aliphatic carbocycles. The van der Waals surface area contributed by atoms with Gasteiger partial charge in [0.15, 0.2) is 0 Å². The van der Waals surface area contributed by atoms with Crippen LogP contribution in [0, 0.1) is 0 Å². The summed E-state index contributed by atoms with van der Waals surface area (Å²) in [6, 6.07) is 4.03. The largest absolute Gasteiger partial charge is 0.340 e. The van der Waals surface area contributed by atoms with Crippen LogP contribution in [-0.4, -0.2) is 9.97 Å². The Hall–Kier alpha value is -0.650. The van der Waals surface area contributed by atoms with Crippen molar-refractivity contribution in [1.82, 2.24) is 9.97 Å². The molecule has 2 rings (SSSR count). The highest BCUT2D eigenvalue weighted by molar-refractivity contribution is 9.11. The zero-order chi connectivity index (χ0) is 9.26. The number of hydrogen-bond donors (Lipinski definition) is 2. The van der Waals surface area contributed by atoms with E-state index in [0.717, 1.165) is 20.2 Å². The number of halogens is 1. The lowest BCUT2D eigenvalue weighted by atomic mass is 10.4. The fourth-order valence-electron chi connectivity index (χ4n) is 1.03. The van der Waals surface area contributed by atoms with Crippen LogP contribution in [0.4, 0.5) is 0 Å². The van der Waals surface area contributed by atoms with Gasteiger partial charge in [-0.3, -0.25) is 0 Å². The van der Waals surface area contributed by atoms with E-state index in [0.29, 0.717) is 6.54 Å². The topological polar surface area (TPSA) is 54.7 Å². The molecule has 3 N–H and O–H groups in total. The van der Waals surface area contributed by atoms with Gasteiger partial charge in [0.25, 0.3) is 0 Å². The highest BCUT2D eigenvalue weighted by Crippen LogP contribution is 2.29. The van der Waals surface area contributed by atoms with Crippen molar-refractivity contribution >= 4 is 27.3 Å². The van der Waals surface area contributed by atoms with E-state index in [9.17, 15) is 0 Å². The van der Waals surface area contributed by atoms with Crippen LogP contribution in [0.1, 0.15) is 5.69 Å². The predicted molar refractivity (Wildman–Crippen MR) is 57.5 cm³/mol. The van der Waals surface area contributed by atoms with Gasteiger partial charge in [-0.25, -0.2) is 4.98 Å². The van der Waals surface area contributed by atoms with Crippen molar-refractivity contribution in [3.05, 3.63) is 27.8 Å². The highest BCUT2D eigenvalue weighted by atomic mass is 79.9. The first-order valence-electron chi connectivity index (χ1n) is 3.79. The molecular weight excluding hydrogens is 250 g/mol. The van der Waals surface area contributed by atoms with Gasteiger partial charge < -0.3 is 10.7 Å². The molecule has 0 aliphatic rings. The van der Waals surface area contributed by atoms with Gasteiger partial charge in [-0.05, 0) is 28.1 Å². The van der Waals surface area contributed by atoms with Crippen LogP contribution in [0.2, 0.25) is 0 Å². The summed E-state index contributed by atoms with van der Waals surface area (Å²) in [6.07, 6.45) is 1.77. The molecule has 0 aromatic carbocycles. The van der Waals surface area contributed by atoms with Crippen molar-refractivity contribution in [1.29, 1.82) is 0 Å². The molecule has 13 heavy (non-hydrogen) atoms. The number of hydrogen-bond acceptors (Lipinski definition) is 3. The Morgan fingerprint density at radius 3 is 2.92 bits per heavy atom. The third kappa shape index (κ3) is 1.82. The predicted octanol–water partition coefficient (Wildman–Crippen LogP) is 2.36.